The number of carbonyl (C=O) groups is 2. The summed E-state index contributed by atoms with van der Waals surface area (Å²) in [6.45, 7) is 14.0. The first-order chi connectivity index (χ1) is 30.9. The van der Waals surface area contributed by atoms with Crippen LogP contribution in [-0.2, 0) is 13.1 Å². The van der Waals surface area contributed by atoms with Crippen molar-refractivity contribution in [2.45, 2.75) is 90.9 Å². The zero-order valence-corrected chi connectivity index (χ0v) is 36.8. The molecule has 0 bridgehead atoms. The number of alkyl halides is 2. The van der Waals surface area contributed by atoms with E-state index in [1.807, 2.05) is 39.3 Å². The second-order valence-electron chi connectivity index (χ2n) is 19.2. The van der Waals surface area contributed by atoms with Gasteiger partial charge in [-0.05, 0) is 117 Å². The molecule has 14 nitrogen and oxygen atoms in total. The predicted octanol–water partition coefficient (Wildman–Crippen LogP) is 5.75. The highest BCUT2D eigenvalue weighted by atomic mass is 19.3. The Morgan fingerprint density at radius 1 is 0.672 bits per heavy atom. The predicted molar refractivity (Wildman–Crippen MR) is 240 cm³/mol. The summed E-state index contributed by atoms with van der Waals surface area (Å²) in [5, 5.41) is 6.20. The minimum atomic E-state index is -2.49. The van der Waals surface area contributed by atoms with E-state index in [-0.39, 0.29) is 23.9 Å². The number of hydrogen-bond donors (Lipinski definition) is 2. The van der Waals surface area contributed by atoms with E-state index in [0.29, 0.717) is 37.6 Å². The normalized spacial score (nSPS) is 26.6. The number of halogens is 2. The lowest BCUT2D eigenvalue weighted by atomic mass is 10.1. The van der Waals surface area contributed by atoms with Gasteiger partial charge in [-0.3, -0.25) is 19.6 Å². The van der Waals surface area contributed by atoms with E-state index in [1.54, 1.807) is 18.9 Å². The average Bonchev–Trinajstić information content (AvgIpc) is 4.00. The van der Waals surface area contributed by atoms with Gasteiger partial charge in [-0.25, -0.2) is 28.7 Å². The van der Waals surface area contributed by atoms with Crippen LogP contribution in [0.3, 0.4) is 0 Å². The van der Waals surface area contributed by atoms with Crippen LogP contribution in [0.4, 0.5) is 20.4 Å². The number of nitrogens with zero attached hydrogens (tertiary/aromatic N) is 10. The van der Waals surface area contributed by atoms with E-state index in [4.69, 9.17) is 4.98 Å². The molecule has 2 N–H and O–H groups in total. The van der Waals surface area contributed by atoms with E-state index < -0.39 is 17.8 Å². The zero-order valence-electron chi connectivity index (χ0n) is 36.8. The number of fused-ring (bicyclic) bond motifs is 4. The van der Waals surface area contributed by atoms with Crippen molar-refractivity contribution in [3.05, 3.63) is 106 Å². The van der Waals surface area contributed by atoms with Crippen molar-refractivity contribution in [2.24, 2.45) is 33.7 Å². The van der Waals surface area contributed by atoms with E-state index in [1.165, 1.54) is 28.7 Å². The van der Waals surface area contributed by atoms with Gasteiger partial charge in [0.1, 0.15) is 23.0 Å². The number of anilines is 2. The number of piperidine rings is 2. The van der Waals surface area contributed by atoms with Gasteiger partial charge in [-0.2, -0.15) is 0 Å². The van der Waals surface area contributed by atoms with Crippen molar-refractivity contribution >= 4 is 34.9 Å². The number of imidazole rings is 2. The molecule has 4 saturated carbocycles. The third-order valence-electron chi connectivity index (χ3n) is 14.9. The molecule has 4 aliphatic heterocycles. The average molecular weight is 869 g/mol. The lowest BCUT2D eigenvalue weighted by Crippen LogP contribution is -2.37. The number of hydrogen-bond acceptors (Lipinski definition) is 10. The number of amides is 2. The molecule has 12 rings (SSSR count). The smallest absolute Gasteiger partial charge is 0.272 e. The molecule has 64 heavy (non-hydrogen) atoms. The van der Waals surface area contributed by atoms with Crippen molar-refractivity contribution in [3.8, 4) is 0 Å². The molecule has 8 heterocycles. The van der Waals surface area contributed by atoms with Gasteiger partial charge in [0.15, 0.2) is 0 Å². The Hall–Kier alpha value is -6.06. The number of carbonyl (C=O) groups excluding carboxylic acids is 2. The molecule has 6 atom stereocenters. The second-order valence-corrected chi connectivity index (χ2v) is 19.2. The van der Waals surface area contributed by atoms with Crippen molar-refractivity contribution in [2.75, 3.05) is 49.1 Å². The van der Waals surface area contributed by atoms with Gasteiger partial charge in [0, 0.05) is 50.0 Å². The van der Waals surface area contributed by atoms with Crippen LogP contribution in [0.5, 0.6) is 0 Å². The van der Waals surface area contributed by atoms with Gasteiger partial charge in [0.25, 0.3) is 17.7 Å². The molecule has 4 unspecified atom stereocenters. The summed E-state index contributed by atoms with van der Waals surface area (Å²) in [5.41, 5.74) is 12.3. The molecule has 4 aromatic rings. The van der Waals surface area contributed by atoms with E-state index in [9.17, 15) is 18.4 Å². The van der Waals surface area contributed by atoms with Gasteiger partial charge in [0.2, 0.25) is 0 Å². The molecule has 6 fully saturated rings. The third-order valence-corrected chi connectivity index (χ3v) is 14.9. The first-order valence-electron chi connectivity index (χ1n) is 22.8. The number of aryl methyl sites for hydroxylation is 2. The van der Waals surface area contributed by atoms with Gasteiger partial charge in [0.05, 0.1) is 74.2 Å². The molecule has 332 valence electrons. The van der Waals surface area contributed by atoms with Crippen LogP contribution in [0.15, 0.2) is 81.6 Å². The molecule has 0 spiro atoms. The summed E-state index contributed by atoms with van der Waals surface area (Å²) in [6.07, 6.45) is 12.1. The number of nitrogens with one attached hydrogen (secondary N) is 2. The van der Waals surface area contributed by atoms with Crippen LogP contribution in [0.1, 0.15) is 89.4 Å². The van der Waals surface area contributed by atoms with Gasteiger partial charge >= 0.3 is 0 Å². The number of aliphatic imine (C=N–C) groups is 2. The highest BCUT2D eigenvalue weighted by Gasteiger charge is 2.71. The molecular weight excluding hydrogens is 815 g/mol. The molecule has 0 radical (unpaired) electrons. The van der Waals surface area contributed by atoms with Crippen LogP contribution in [0.2, 0.25) is 0 Å². The Labute approximate surface area is 371 Å². The molecule has 16 heteroatoms. The van der Waals surface area contributed by atoms with E-state index >= 15 is 0 Å². The fourth-order valence-electron chi connectivity index (χ4n) is 10.8. The van der Waals surface area contributed by atoms with Gasteiger partial charge in [-0.1, -0.05) is 12.1 Å². The molecule has 0 aromatic carbocycles. The lowest BCUT2D eigenvalue weighted by molar-refractivity contribution is 0.0796. The topological polar surface area (TPSA) is 151 Å². The highest BCUT2D eigenvalue weighted by molar-refractivity contribution is 6.11. The first-order valence-corrected chi connectivity index (χ1v) is 22.8. The molecule has 2 amide bonds. The summed E-state index contributed by atoms with van der Waals surface area (Å²) < 4.78 is 30.8. The van der Waals surface area contributed by atoms with Crippen LogP contribution in [-0.4, -0.2) is 110 Å². The van der Waals surface area contributed by atoms with Crippen LogP contribution in [0.25, 0.3) is 0 Å². The van der Waals surface area contributed by atoms with Gasteiger partial charge in [-0.15, -0.1) is 0 Å². The molecule has 2 saturated heterocycles. The van der Waals surface area contributed by atoms with Crippen molar-refractivity contribution in [1.29, 1.82) is 0 Å². The maximum atomic E-state index is 13.5. The Kier molecular flexibility index (Phi) is 9.91. The van der Waals surface area contributed by atoms with E-state index in [0.717, 1.165) is 109 Å². The van der Waals surface area contributed by atoms with Crippen LogP contribution in [0, 0.1) is 37.5 Å². The Morgan fingerprint density at radius 3 is 1.58 bits per heavy atom. The monoisotopic (exact) mass is 868 g/mol. The summed E-state index contributed by atoms with van der Waals surface area (Å²) in [4.78, 5) is 57.2. The lowest BCUT2D eigenvalue weighted by Gasteiger charge is -2.21. The van der Waals surface area contributed by atoms with Crippen LogP contribution < -0.4 is 20.4 Å². The summed E-state index contributed by atoms with van der Waals surface area (Å²) in [7, 11) is 0. The minimum absolute atomic E-state index is 0.0145. The first kappa shape index (κ1) is 40.7. The number of pyridine rings is 2. The summed E-state index contributed by atoms with van der Waals surface area (Å²) in [6, 6.07) is 8.14. The molecule has 4 aliphatic carbocycles. The highest BCUT2D eigenvalue weighted by Crippen LogP contribution is 2.59. The maximum absolute atomic E-state index is 13.5. The second kappa shape index (κ2) is 15.6. The Morgan fingerprint density at radius 2 is 1.12 bits per heavy atom. The zero-order chi connectivity index (χ0) is 44.0. The quantitative estimate of drug-likeness (QED) is 0.205. The van der Waals surface area contributed by atoms with Crippen molar-refractivity contribution < 1.29 is 18.4 Å². The van der Waals surface area contributed by atoms with E-state index in [2.05, 4.69) is 73.4 Å². The SMILES string of the molecule is CC1=C2CC[C@@H](NC(=O)c3cn(Cc4ccc(N5CC6C(C5)C6(F)F)nc4C)cn3)C2=NC1.CC1=C2CC[C@@H](NC(=O)c3cn(Cc4ccc(N5CC6CC6C5)nc4C)cn3)C2=NC1. The number of aromatic nitrogens is 6. The fraction of sp³-hybridized carbons (Fsp3) is 0.500. The van der Waals surface area contributed by atoms with Crippen molar-refractivity contribution in [1.82, 2.24) is 39.7 Å². The van der Waals surface area contributed by atoms with Crippen molar-refractivity contribution in [3.63, 3.8) is 0 Å². The minimum Gasteiger partial charge on any atom is -0.356 e. The standard InChI is InChI=1S/C24H26F2N6O.C24H28N6O/c1-13-7-27-22-16(13)4-5-19(22)30-23(33)20-11-31(12-28-20)8-15-3-6-21(29-14(15)2)32-9-17-18(10-32)24(17,25)26;1-14-8-25-23-19(14)4-5-20(23)28-24(31)21-12-29(13-26-21)9-16-3-6-22(27-15(16)2)30-10-17-7-18(17)11-30/h3,6,11-12,17-19H,4-5,7-10H2,1-2H3,(H,30,33);3,6,12-13,17-18,20H,4-5,7-11H2,1-2H3,(H,28,31)/t17?,18?,19-;17?,18?,20-/m11/s1. The fourth-order valence-corrected chi connectivity index (χ4v) is 10.8. The third kappa shape index (κ3) is 7.51. The summed E-state index contributed by atoms with van der Waals surface area (Å²) >= 11 is 0. The Balaban J connectivity index is 0.000000143. The molecule has 4 aromatic heterocycles. The maximum Gasteiger partial charge on any atom is 0.272 e. The summed E-state index contributed by atoms with van der Waals surface area (Å²) in [5.74, 6) is -0.219. The number of rotatable bonds is 10. The van der Waals surface area contributed by atoms with Crippen LogP contribution >= 0.6 is 0 Å². The molecule has 8 aliphatic rings. The Bertz CT molecular complexity index is 2690. The van der Waals surface area contributed by atoms with Gasteiger partial charge < -0.3 is 29.6 Å². The molecular formula is C48H54F2N12O2. The largest absolute Gasteiger partial charge is 0.356 e.